The molecular formula is C29H26Cl2N6O5. The van der Waals surface area contributed by atoms with E-state index in [9.17, 15) is 14.7 Å². The molecule has 6 rings (SSSR count). The van der Waals surface area contributed by atoms with Crippen LogP contribution in [0.15, 0.2) is 67.4 Å². The van der Waals surface area contributed by atoms with Gasteiger partial charge in [-0.25, -0.2) is 24.6 Å². The zero-order chi connectivity index (χ0) is 30.4. The maximum Gasteiger partial charge on any atom is 0.326 e. The minimum absolute atomic E-state index is 0.195. The topological polar surface area (TPSA) is 139 Å². The van der Waals surface area contributed by atoms with Gasteiger partial charge in [0.2, 0.25) is 5.95 Å². The number of hydrogen-bond acceptors (Lipinski definition) is 8. The highest BCUT2D eigenvalue weighted by Crippen LogP contribution is 2.43. The molecule has 2 aliphatic heterocycles. The Bertz CT molecular complexity index is 1540. The first kappa shape index (κ1) is 30.4. The van der Waals surface area contributed by atoms with Crippen LogP contribution >= 0.6 is 23.2 Å². The van der Waals surface area contributed by atoms with E-state index < -0.39 is 18.1 Å². The van der Waals surface area contributed by atoms with Gasteiger partial charge in [0.15, 0.2) is 0 Å². The van der Waals surface area contributed by atoms with Gasteiger partial charge in [0.05, 0.1) is 11.9 Å². The molecule has 2 aliphatic rings. The van der Waals surface area contributed by atoms with Crippen LogP contribution < -0.4 is 9.80 Å². The molecule has 0 bridgehead atoms. The minimum atomic E-state index is -0.891. The summed E-state index contributed by atoms with van der Waals surface area (Å²) in [7, 11) is 0. The summed E-state index contributed by atoms with van der Waals surface area (Å²) in [5, 5.41) is 10.6. The highest BCUT2D eigenvalue weighted by molar-refractivity contribution is 6.35. The predicted octanol–water partition coefficient (Wildman–Crippen LogP) is 4.79. The molecule has 13 heteroatoms. The van der Waals surface area contributed by atoms with Gasteiger partial charge in [-0.1, -0.05) is 47.5 Å². The number of carboxylic acids is 1. The number of fused-ring (bicyclic) bond motifs is 1. The fraction of sp³-hybridized carbons (Fsp3) is 0.207. The monoisotopic (exact) mass is 608 g/mol. The maximum absolute atomic E-state index is 13.9. The third kappa shape index (κ3) is 5.88. The van der Waals surface area contributed by atoms with Crippen LogP contribution in [0.5, 0.6) is 0 Å². The van der Waals surface area contributed by atoms with E-state index >= 15 is 0 Å². The predicted molar refractivity (Wildman–Crippen MR) is 158 cm³/mol. The Kier molecular flexibility index (Phi) is 9.66. The lowest BCUT2D eigenvalue weighted by Gasteiger charge is -2.25. The number of carbonyl (C=O) groups excluding carboxylic acids is 3. The van der Waals surface area contributed by atoms with Gasteiger partial charge < -0.3 is 19.6 Å². The van der Waals surface area contributed by atoms with E-state index in [2.05, 4.69) is 15.0 Å². The third-order valence-electron chi connectivity index (χ3n) is 6.99. The molecule has 1 fully saturated rings. The van der Waals surface area contributed by atoms with Crippen LogP contribution in [0, 0.1) is 0 Å². The van der Waals surface area contributed by atoms with E-state index in [-0.39, 0.29) is 5.91 Å². The van der Waals surface area contributed by atoms with E-state index in [0.29, 0.717) is 46.9 Å². The Balaban J connectivity index is 0.000000972. The maximum atomic E-state index is 13.9. The largest absolute Gasteiger partial charge is 0.480 e. The van der Waals surface area contributed by atoms with Crippen LogP contribution in [0.2, 0.25) is 10.0 Å². The van der Waals surface area contributed by atoms with Crippen molar-refractivity contribution in [2.75, 3.05) is 16.3 Å². The molecule has 216 valence electrons. The second kappa shape index (κ2) is 13.4. The number of hydrogen-bond donors (Lipinski definition) is 1. The molecule has 1 N–H and O–H groups in total. The summed E-state index contributed by atoms with van der Waals surface area (Å²) in [5.74, 6) is -0.0727. The number of imidazole rings is 1. The third-order valence-corrected chi connectivity index (χ3v) is 7.43. The number of rotatable bonds is 6. The molecule has 1 amide bonds. The van der Waals surface area contributed by atoms with Gasteiger partial charge in [-0.15, -0.1) is 0 Å². The van der Waals surface area contributed by atoms with Crippen molar-refractivity contribution in [2.45, 2.75) is 31.3 Å². The van der Waals surface area contributed by atoms with Crippen molar-refractivity contribution in [3.05, 3.63) is 83.0 Å². The first-order valence-corrected chi connectivity index (χ1v) is 13.4. The highest BCUT2D eigenvalue weighted by Gasteiger charge is 2.44. The zero-order valence-corrected chi connectivity index (χ0v) is 23.8. The molecule has 2 atom stereocenters. The smallest absolute Gasteiger partial charge is 0.326 e. The van der Waals surface area contributed by atoms with E-state index in [1.54, 1.807) is 36.8 Å². The SMILES string of the molecule is C=O.C=O.O=C(O)C1CCCN1c1cnc2n1C(Cc1ccc(-c3cncnc3)cc1)C(=O)N2c1cc(Cl)cc(Cl)c1. The first-order chi connectivity index (χ1) is 20.4. The lowest BCUT2D eigenvalue weighted by atomic mass is 10.0. The van der Waals surface area contributed by atoms with Gasteiger partial charge in [0.25, 0.3) is 5.91 Å². The standard InChI is InChI=1S/C27H22Cl2N6O3.2CH2O/c28-19-9-20(29)11-21(10-19)34-25(36)23(8-16-3-5-17(6-4-16)18-12-30-15-31-13-18)35-24(14-32-27(34)35)33-7-1-2-22(33)26(37)38;2*1-2/h3-6,9-15,22-23H,1-2,7-8H2,(H,37,38);2*1H2. The summed E-state index contributed by atoms with van der Waals surface area (Å²) in [6, 6.07) is 11.5. The van der Waals surface area contributed by atoms with Crippen LogP contribution in [0.25, 0.3) is 11.1 Å². The molecule has 2 unspecified atom stereocenters. The van der Waals surface area contributed by atoms with Crippen molar-refractivity contribution in [1.82, 2.24) is 19.5 Å². The number of carboxylic acid groups (broad SMARTS) is 1. The first-order valence-electron chi connectivity index (χ1n) is 12.7. The lowest BCUT2D eigenvalue weighted by Crippen LogP contribution is -2.37. The van der Waals surface area contributed by atoms with Crippen molar-refractivity contribution in [3.63, 3.8) is 0 Å². The van der Waals surface area contributed by atoms with Crippen molar-refractivity contribution in [2.24, 2.45) is 0 Å². The molecule has 2 aromatic heterocycles. The summed E-state index contributed by atoms with van der Waals surface area (Å²) in [6.07, 6.45) is 8.29. The van der Waals surface area contributed by atoms with Gasteiger partial charge in [0, 0.05) is 41.0 Å². The lowest BCUT2D eigenvalue weighted by molar-refractivity contribution is -0.138. The summed E-state index contributed by atoms with van der Waals surface area (Å²) in [4.78, 5) is 58.0. The Morgan fingerprint density at radius 1 is 0.952 bits per heavy atom. The fourth-order valence-electron chi connectivity index (χ4n) is 5.27. The van der Waals surface area contributed by atoms with E-state index in [1.807, 2.05) is 47.3 Å². The van der Waals surface area contributed by atoms with Crippen molar-refractivity contribution >= 4 is 66.1 Å². The molecule has 0 radical (unpaired) electrons. The summed E-state index contributed by atoms with van der Waals surface area (Å²) in [6.45, 7) is 4.57. The molecular weight excluding hydrogens is 583 g/mol. The van der Waals surface area contributed by atoms with Crippen LogP contribution in [-0.4, -0.2) is 62.7 Å². The zero-order valence-electron chi connectivity index (χ0n) is 22.3. The van der Waals surface area contributed by atoms with Gasteiger partial charge in [-0.2, -0.15) is 0 Å². The Hall–Kier alpha value is -4.61. The Morgan fingerprint density at radius 2 is 1.60 bits per heavy atom. The van der Waals surface area contributed by atoms with E-state index in [0.717, 1.165) is 23.1 Å². The van der Waals surface area contributed by atoms with Gasteiger partial charge in [0.1, 0.15) is 37.8 Å². The van der Waals surface area contributed by atoms with Crippen LogP contribution in [0.3, 0.4) is 0 Å². The summed E-state index contributed by atoms with van der Waals surface area (Å²) < 4.78 is 1.84. The van der Waals surface area contributed by atoms with Gasteiger partial charge in [-0.3, -0.25) is 9.36 Å². The average Bonchev–Trinajstić information content (AvgIpc) is 3.72. The number of aliphatic carboxylic acids is 1. The molecule has 4 heterocycles. The second-order valence-corrected chi connectivity index (χ2v) is 10.2. The second-order valence-electron chi connectivity index (χ2n) is 9.32. The van der Waals surface area contributed by atoms with Crippen LogP contribution in [-0.2, 0) is 25.6 Å². The average molecular weight is 609 g/mol. The van der Waals surface area contributed by atoms with Gasteiger partial charge >= 0.3 is 5.97 Å². The molecule has 42 heavy (non-hydrogen) atoms. The Labute approximate surface area is 251 Å². The number of benzene rings is 2. The van der Waals surface area contributed by atoms with Gasteiger partial charge in [-0.05, 0) is 42.2 Å². The molecule has 0 spiro atoms. The number of aromatic nitrogens is 4. The van der Waals surface area contributed by atoms with Crippen molar-refractivity contribution in [1.29, 1.82) is 0 Å². The van der Waals surface area contributed by atoms with E-state index in [1.165, 1.54) is 11.2 Å². The quantitative estimate of drug-likeness (QED) is 0.327. The van der Waals surface area contributed by atoms with Crippen LogP contribution in [0.4, 0.5) is 17.5 Å². The van der Waals surface area contributed by atoms with Crippen LogP contribution in [0.1, 0.15) is 24.4 Å². The number of anilines is 3. The molecule has 1 saturated heterocycles. The van der Waals surface area contributed by atoms with E-state index in [4.69, 9.17) is 32.8 Å². The molecule has 4 aromatic rings. The molecule has 0 saturated carbocycles. The molecule has 0 aliphatic carbocycles. The number of amides is 1. The molecule has 2 aromatic carbocycles. The number of carbonyl (C=O) groups is 4. The number of nitrogens with zero attached hydrogens (tertiary/aromatic N) is 6. The number of halogens is 2. The minimum Gasteiger partial charge on any atom is -0.480 e. The summed E-state index contributed by atoms with van der Waals surface area (Å²) in [5.41, 5.74) is 3.31. The normalized spacial score (nSPS) is 17.1. The van der Waals surface area contributed by atoms with Crippen molar-refractivity contribution in [3.8, 4) is 11.1 Å². The molecule has 11 nitrogen and oxygen atoms in total. The van der Waals surface area contributed by atoms with Crippen molar-refractivity contribution < 1.29 is 24.3 Å². The Morgan fingerprint density at radius 3 is 2.21 bits per heavy atom. The summed E-state index contributed by atoms with van der Waals surface area (Å²) >= 11 is 12.5. The fourth-order valence-corrected chi connectivity index (χ4v) is 5.78. The highest BCUT2D eigenvalue weighted by atomic mass is 35.5.